The summed E-state index contributed by atoms with van der Waals surface area (Å²) in [6.07, 6.45) is 0. The molecule has 0 aliphatic carbocycles. The van der Waals surface area contributed by atoms with Crippen LogP contribution in [0.15, 0.2) is 108 Å². The van der Waals surface area contributed by atoms with E-state index in [9.17, 15) is 14.4 Å². The predicted molar refractivity (Wildman–Crippen MR) is 149 cm³/mol. The topological polar surface area (TPSA) is 66.5 Å². The van der Waals surface area contributed by atoms with Crippen molar-refractivity contribution in [2.45, 2.75) is 28.6 Å². The molecule has 1 spiro atoms. The average Bonchev–Trinajstić information content (AvgIpc) is 3.57. The van der Waals surface area contributed by atoms with Gasteiger partial charge in [-0.3, -0.25) is 14.4 Å². The van der Waals surface area contributed by atoms with E-state index in [1.807, 2.05) is 90.7 Å². The fourth-order valence-electron chi connectivity index (χ4n) is 6.40. The molecule has 1 unspecified atom stereocenters. The number of para-hydroxylation sites is 2. The molecule has 0 aromatic heterocycles. The molecule has 6 heteroatoms. The van der Waals surface area contributed by atoms with Gasteiger partial charge in [-0.15, -0.1) is 0 Å². The Bertz CT molecular complexity index is 1620. The van der Waals surface area contributed by atoms with Gasteiger partial charge in [-0.05, 0) is 30.7 Å². The summed E-state index contributed by atoms with van der Waals surface area (Å²) in [6.45, 7) is 1.97. The van der Waals surface area contributed by atoms with Crippen LogP contribution in [0.25, 0.3) is 0 Å². The highest BCUT2D eigenvalue weighted by Gasteiger charge is 2.72. The third-order valence-corrected chi connectivity index (χ3v) is 9.49. The van der Waals surface area contributed by atoms with Gasteiger partial charge >= 0.3 is 0 Å². The van der Waals surface area contributed by atoms with Crippen molar-refractivity contribution in [1.82, 2.24) is 0 Å². The summed E-state index contributed by atoms with van der Waals surface area (Å²) < 4.78 is 0. The second-order valence-electron chi connectivity index (χ2n) is 10.1. The van der Waals surface area contributed by atoms with Crippen molar-refractivity contribution in [1.29, 1.82) is 0 Å². The summed E-state index contributed by atoms with van der Waals surface area (Å²) in [4.78, 5) is 46.3. The van der Waals surface area contributed by atoms with Gasteiger partial charge < -0.3 is 10.2 Å². The molecule has 1 fully saturated rings. The number of fused-ring (bicyclic) bond motifs is 6. The second kappa shape index (κ2) is 8.43. The number of carbonyl (C=O) groups is 3. The van der Waals surface area contributed by atoms with E-state index in [0.717, 1.165) is 21.7 Å². The minimum absolute atomic E-state index is 0.160. The molecule has 4 atom stereocenters. The summed E-state index contributed by atoms with van der Waals surface area (Å²) in [6, 6.07) is 31.1. The Kier molecular flexibility index (Phi) is 5.10. The smallest absolute Gasteiger partial charge is 0.238 e. The van der Waals surface area contributed by atoms with Gasteiger partial charge in [0.15, 0.2) is 11.6 Å². The zero-order chi connectivity index (χ0) is 26.0. The van der Waals surface area contributed by atoms with Gasteiger partial charge in [0, 0.05) is 21.7 Å². The number of amides is 1. The number of ketones is 2. The standard InChI is InChI=1S/C32H24N2O3S/c1-19-15-17-21(18-16-19)28(35)26-27(29(36)20-9-3-2-4-10-20)34-24-13-7-8-14-25(24)38-31(34)32(26)22-11-5-6-12-23(22)33-30(32)37/h2-18,26-27,31H,1H3,(H,33,37)/t26-,27-,31?,32+/m0/s1. The molecule has 186 valence electrons. The fourth-order valence-corrected chi connectivity index (χ4v) is 8.01. The quantitative estimate of drug-likeness (QED) is 0.343. The highest BCUT2D eigenvalue weighted by atomic mass is 32.2. The maximum absolute atomic E-state index is 14.6. The van der Waals surface area contributed by atoms with Crippen LogP contribution in [0.3, 0.4) is 0 Å². The molecule has 0 saturated carbocycles. The highest BCUT2D eigenvalue weighted by molar-refractivity contribution is 8.00. The Labute approximate surface area is 224 Å². The Morgan fingerprint density at radius 2 is 1.45 bits per heavy atom. The molecular formula is C32H24N2O3S. The van der Waals surface area contributed by atoms with E-state index in [4.69, 9.17) is 0 Å². The number of anilines is 2. The van der Waals surface area contributed by atoms with Crippen molar-refractivity contribution in [3.05, 3.63) is 125 Å². The first-order valence-electron chi connectivity index (χ1n) is 12.7. The SMILES string of the molecule is Cc1ccc(C(=O)[C@@H]2[C@@H](C(=O)c3ccccc3)N3c4ccccc4SC3[C@@]23C(=O)Nc2ccccc23)cc1. The largest absolute Gasteiger partial charge is 0.346 e. The van der Waals surface area contributed by atoms with Gasteiger partial charge in [-0.2, -0.15) is 0 Å². The van der Waals surface area contributed by atoms with E-state index < -0.39 is 22.7 Å². The van der Waals surface area contributed by atoms with Gasteiger partial charge in [0.1, 0.15) is 11.5 Å². The van der Waals surface area contributed by atoms with E-state index >= 15 is 0 Å². The zero-order valence-corrected chi connectivity index (χ0v) is 21.4. The van der Waals surface area contributed by atoms with Crippen LogP contribution in [0.1, 0.15) is 31.8 Å². The predicted octanol–water partition coefficient (Wildman–Crippen LogP) is 5.89. The lowest BCUT2D eigenvalue weighted by Gasteiger charge is -2.32. The van der Waals surface area contributed by atoms with E-state index in [1.54, 1.807) is 36.0 Å². The molecule has 38 heavy (non-hydrogen) atoms. The number of carbonyl (C=O) groups excluding carboxylic acids is 3. The normalized spacial score (nSPS) is 24.6. The van der Waals surface area contributed by atoms with Crippen LogP contribution in [0.4, 0.5) is 11.4 Å². The summed E-state index contributed by atoms with van der Waals surface area (Å²) >= 11 is 1.57. The van der Waals surface area contributed by atoms with E-state index in [-0.39, 0.29) is 17.5 Å². The summed E-state index contributed by atoms with van der Waals surface area (Å²) in [5.74, 6) is -1.51. The number of Topliss-reactive ketones (excluding diaryl/α,β-unsaturated/α-hetero) is 2. The molecule has 1 N–H and O–H groups in total. The van der Waals surface area contributed by atoms with Crippen LogP contribution >= 0.6 is 11.8 Å². The van der Waals surface area contributed by atoms with Crippen LogP contribution in [-0.4, -0.2) is 28.9 Å². The van der Waals surface area contributed by atoms with Crippen molar-refractivity contribution >= 4 is 40.6 Å². The number of thioether (sulfide) groups is 1. The molecule has 5 nitrogen and oxygen atoms in total. The van der Waals surface area contributed by atoms with E-state index in [1.165, 1.54) is 0 Å². The summed E-state index contributed by atoms with van der Waals surface area (Å²) in [5.41, 5.74) is 3.16. The molecule has 3 aliphatic heterocycles. The first-order valence-corrected chi connectivity index (χ1v) is 13.5. The number of aryl methyl sites for hydroxylation is 1. The van der Waals surface area contributed by atoms with Crippen LogP contribution in [-0.2, 0) is 10.2 Å². The van der Waals surface area contributed by atoms with Crippen molar-refractivity contribution in [2.75, 3.05) is 10.2 Å². The highest BCUT2D eigenvalue weighted by Crippen LogP contribution is 2.63. The van der Waals surface area contributed by atoms with Gasteiger partial charge in [0.2, 0.25) is 5.91 Å². The van der Waals surface area contributed by atoms with Crippen LogP contribution in [0, 0.1) is 12.8 Å². The molecule has 3 aliphatic rings. The number of hydrogen-bond donors (Lipinski definition) is 1. The molecule has 4 aromatic carbocycles. The lowest BCUT2D eigenvalue weighted by molar-refractivity contribution is -0.121. The average molecular weight is 517 g/mol. The van der Waals surface area contributed by atoms with Gasteiger partial charge in [0.25, 0.3) is 0 Å². The zero-order valence-electron chi connectivity index (χ0n) is 20.6. The molecule has 0 radical (unpaired) electrons. The maximum Gasteiger partial charge on any atom is 0.238 e. The van der Waals surface area contributed by atoms with Crippen LogP contribution in [0.5, 0.6) is 0 Å². The third kappa shape index (κ3) is 3.04. The molecular weight excluding hydrogens is 492 g/mol. The number of benzene rings is 4. The number of nitrogens with zero attached hydrogens (tertiary/aromatic N) is 1. The van der Waals surface area contributed by atoms with Crippen molar-refractivity contribution < 1.29 is 14.4 Å². The van der Waals surface area contributed by atoms with Gasteiger partial charge in [-0.25, -0.2) is 0 Å². The number of hydrogen-bond acceptors (Lipinski definition) is 5. The fraction of sp³-hybridized carbons (Fsp3) is 0.156. The summed E-state index contributed by atoms with van der Waals surface area (Å²) in [7, 11) is 0. The Balaban J connectivity index is 1.52. The molecule has 1 saturated heterocycles. The molecule has 4 aromatic rings. The minimum atomic E-state index is -1.25. The number of nitrogens with one attached hydrogen (secondary N) is 1. The lowest BCUT2D eigenvalue weighted by Crippen LogP contribution is -2.50. The van der Waals surface area contributed by atoms with Crippen molar-refractivity contribution in [2.24, 2.45) is 5.92 Å². The Hall–Kier alpha value is -4.16. The molecule has 1 amide bonds. The molecule has 0 bridgehead atoms. The van der Waals surface area contributed by atoms with Crippen LogP contribution in [0.2, 0.25) is 0 Å². The third-order valence-electron chi connectivity index (χ3n) is 8.07. The maximum atomic E-state index is 14.6. The van der Waals surface area contributed by atoms with Crippen LogP contribution < -0.4 is 10.2 Å². The van der Waals surface area contributed by atoms with Gasteiger partial charge in [0.05, 0.1) is 17.0 Å². The number of rotatable bonds is 4. The van der Waals surface area contributed by atoms with Crippen molar-refractivity contribution in [3.63, 3.8) is 0 Å². The second-order valence-corrected chi connectivity index (χ2v) is 11.2. The monoisotopic (exact) mass is 516 g/mol. The molecule has 3 heterocycles. The summed E-state index contributed by atoms with van der Waals surface area (Å²) in [5, 5.41) is 2.61. The van der Waals surface area contributed by atoms with Crippen molar-refractivity contribution in [3.8, 4) is 0 Å². The Morgan fingerprint density at radius 1 is 0.789 bits per heavy atom. The van der Waals surface area contributed by atoms with Gasteiger partial charge in [-0.1, -0.05) is 102 Å². The van der Waals surface area contributed by atoms with E-state index in [0.29, 0.717) is 16.8 Å². The minimum Gasteiger partial charge on any atom is -0.346 e. The van der Waals surface area contributed by atoms with E-state index in [2.05, 4.69) is 5.32 Å². The lowest BCUT2D eigenvalue weighted by atomic mass is 9.67. The molecule has 7 rings (SSSR count). The Morgan fingerprint density at radius 3 is 2.24 bits per heavy atom. The first kappa shape index (κ1) is 23.0. The first-order chi connectivity index (χ1) is 18.5.